The van der Waals surface area contributed by atoms with Gasteiger partial charge in [0.2, 0.25) is 0 Å². The normalized spacial score (nSPS) is 15.6. The predicted molar refractivity (Wildman–Crippen MR) is 109 cm³/mol. The predicted octanol–water partition coefficient (Wildman–Crippen LogP) is 2.02. The van der Waals surface area contributed by atoms with Crippen molar-refractivity contribution < 1.29 is 4.74 Å². The number of hydrogen-bond donors (Lipinski definition) is 2. The van der Waals surface area contributed by atoms with Gasteiger partial charge in [-0.1, -0.05) is 0 Å². The highest BCUT2D eigenvalue weighted by Gasteiger charge is 2.28. The van der Waals surface area contributed by atoms with E-state index in [2.05, 4.69) is 40.6 Å². The smallest absolute Gasteiger partial charge is 0.191 e. The van der Waals surface area contributed by atoms with Gasteiger partial charge >= 0.3 is 0 Å². The van der Waals surface area contributed by atoms with Gasteiger partial charge in [-0.15, -0.1) is 24.0 Å². The van der Waals surface area contributed by atoms with Gasteiger partial charge in [-0.2, -0.15) is 11.8 Å². The number of ether oxygens (including phenoxy) is 1. The zero-order valence-corrected chi connectivity index (χ0v) is 17.8. The molecule has 132 valence electrons. The van der Waals surface area contributed by atoms with Gasteiger partial charge in [-0.25, -0.2) is 0 Å². The molecule has 0 aromatic rings. The molecule has 1 rings (SSSR count). The van der Waals surface area contributed by atoms with Crippen molar-refractivity contribution >= 4 is 41.7 Å². The van der Waals surface area contributed by atoms with Gasteiger partial charge < -0.3 is 15.4 Å². The van der Waals surface area contributed by atoms with Crippen LogP contribution < -0.4 is 10.6 Å². The van der Waals surface area contributed by atoms with E-state index in [1.165, 1.54) is 12.8 Å². The van der Waals surface area contributed by atoms with Crippen molar-refractivity contribution in [2.24, 2.45) is 4.99 Å². The van der Waals surface area contributed by atoms with Crippen molar-refractivity contribution in [2.75, 3.05) is 53.2 Å². The number of guanidine groups is 1. The van der Waals surface area contributed by atoms with Crippen LogP contribution in [0.1, 0.15) is 26.7 Å². The first kappa shape index (κ1) is 22.3. The summed E-state index contributed by atoms with van der Waals surface area (Å²) in [7, 11) is 3.59. The number of rotatable bonds is 10. The van der Waals surface area contributed by atoms with Gasteiger partial charge in [0.1, 0.15) is 0 Å². The van der Waals surface area contributed by atoms with E-state index in [0.717, 1.165) is 44.8 Å². The number of methoxy groups -OCH3 is 1. The molecule has 1 aliphatic carbocycles. The van der Waals surface area contributed by atoms with Gasteiger partial charge in [0.15, 0.2) is 5.96 Å². The molecular weight excluding hydrogens is 411 g/mol. The maximum absolute atomic E-state index is 5.19. The molecule has 0 spiro atoms. The Bertz CT molecular complexity index is 325. The topological polar surface area (TPSA) is 48.9 Å². The van der Waals surface area contributed by atoms with Crippen LogP contribution in [0, 0.1) is 0 Å². The molecule has 0 aliphatic heterocycles. The quantitative estimate of drug-likeness (QED) is 0.307. The first-order valence-corrected chi connectivity index (χ1v) is 8.97. The second-order valence-electron chi connectivity index (χ2n) is 6.08. The molecule has 1 fully saturated rings. The van der Waals surface area contributed by atoms with E-state index in [1.807, 2.05) is 18.8 Å². The van der Waals surface area contributed by atoms with Crippen molar-refractivity contribution in [2.45, 2.75) is 37.5 Å². The lowest BCUT2D eigenvalue weighted by Gasteiger charge is -2.25. The van der Waals surface area contributed by atoms with E-state index in [4.69, 9.17) is 4.74 Å². The summed E-state index contributed by atoms with van der Waals surface area (Å²) in [6, 6.07) is 0.771. The van der Waals surface area contributed by atoms with E-state index >= 15 is 0 Å². The molecule has 0 atom stereocenters. The molecule has 5 nitrogen and oxygen atoms in total. The summed E-state index contributed by atoms with van der Waals surface area (Å²) >= 11 is 1.86. The summed E-state index contributed by atoms with van der Waals surface area (Å²) in [4.78, 5) is 6.80. The van der Waals surface area contributed by atoms with Crippen molar-refractivity contribution in [3.05, 3.63) is 0 Å². The molecular formula is C15H33IN4OS. The Morgan fingerprint density at radius 2 is 2.00 bits per heavy atom. The molecule has 7 heteroatoms. The Balaban J connectivity index is 0.00000441. The number of thioether (sulfide) groups is 1. The Hall–Kier alpha value is 0.270. The number of hydrogen-bond acceptors (Lipinski definition) is 4. The maximum atomic E-state index is 5.19. The molecule has 0 amide bonds. The second-order valence-corrected chi connectivity index (χ2v) is 7.59. The van der Waals surface area contributed by atoms with Crippen molar-refractivity contribution in [1.29, 1.82) is 0 Å². The highest BCUT2D eigenvalue weighted by molar-refractivity contribution is 14.0. The summed E-state index contributed by atoms with van der Waals surface area (Å²) in [5.41, 5.74) is 0. The lowest BCUT2D eigenvalue weighted by atomic mass is 10.2. The summed E-state index contributed by atoms with van der Waals surface area (Å²) in [6.07, 6.45) is 4.80. The molecule has 0 aromatic carbocycles. The fraction of sp³-hybridized carbons (Fsp3) is 0.933. The van der Waals surface area contributed by atoms with E-state index in [-0.39, 0.29) is 28.7 Å². The van der Waals surface area contributed by atoms with E-state index in [0.29, 0.717) is 0 Å². The summed E-state index contributed by atoms with van der Waals surface area (Å²) < 4.78 is 5.41. The van der Waals surface area contributed by atoms with Crippen LogP contribution in [0.25, 0.3) is 0 Å². The first-order chi connectivity index (χ1) is 10.0. The van der Waals surface area contributed by atoms with Gasteiger partial charge in [0.05, 0.1) is 6.61 Å². The van der Waals surface area contributed by atoms with Crippen molar-refractivity contribution in [3.63, 3.8) is 0 Å². The minimum Gasteiger partial charge on any atom is -0.383 e. The van der Waals surface area contributed by atoms with Gasteiger partial charge in [-0.3, -0.25) is 9.89 Å². The zero-order chi connectivity index (χ0) is 15.7. The van der Waals surface area contributed by atoms with Crippen LogP contribution in [-0.4, -0.2) is 74.8 Å². The molecule has 0 unspecified atom stereocenters. The third-order valence-electron chi connectivity index (χ3n) is 3.80. The van der Waals surface area contributed by atoms with Crippen LogP contribution in [0.4, 0.5) is 0 Å². The van der Waals surface area contributed by atoms with Gasteiger partial charge in [0, 0.05) is 51.1 Å². The first-order valence-electron chi connectivity index (χ1n) is 7.75. The minimum absolute atomic E-state index is 0. The molecule has 2 N–H and O–H groups in total. The third-order valence-corrected chi connectivity index (χ3v) is 5.04. The lowest BCUT2D eigenvalue weighted by molar-refractivity contribution is 0.144. The van der Waals surface area contributed by atoms with Crippen LogP contribution in [-0.2, 0) is 4.74 Å². The van der Waals surface area contributed by atoms with Crippen LogP contribution in [0.3, 0.4) is 0 Å². The van der Waals surface area contributed by atoms with Gasteiger partial charge in [-0.05, 0) is 32.9 Å². The highest BCUT2D eigenvalue weighted by atomic mass is 127. The molecule has 0 heterocycles. The SMILES string of the molecule is CN=C(NCCN(CCOC)C1CC1)NCC(C)(C)SC.I. The number of nitrogens with one attached hydrogen (secondary N) is 2. The molecule has 22 heavy (non-hydrogen) atoms. The number of halogens is 1. The Morgan fingerprint density at radius 1 is 1.32 bits per heavy atom. The third kappa shape index (κ3) is 9.42. The highest BCUT2D eigenvalue weighted by Crippen LogP contribution is 2.26. The number of aliphatic imine (C=N–C) groups is 1. The standard InChI is InChI=1S/C15H32N4OS.HI/c1-15(2,21-5)12-18-14(16-3)17-8-9-19(10-11-20-4)13-6-7-13;/h13H,6-12H2,1-5H3,(H2,16,17,18);1H. The molecule has 0 saturated heterocycles. The maximum Gasteiger partial charge on any atom is 0.191 e. The van der Waals surface area contributed by atoms with E-state index in [9.17, 15) is 0 Å². The minimum atomic E-state index is 0. The molecule has 0 radical (unpaired) electrons. The Morgan fingerprint density at radius 3 is 2.50 bits per heavy atom. The summed E-state index contributed by atoms with van der Waals surface area (Å²) in [5.74, 6) is 0.889. The van der Waals surface area contributed by atoms with Gasteiger partial charge in [0.25, 0.3) is 0 Å². The van der Waals surface area contributed by atoms with Crippen LogP contribution in [0.5, 0.6) is 0 Å². The van der Waals surface area contributed by atoms with E-state index in [1.54, 1.807) is 7.11 Å². The van der Waals surface area contributed by atoms with Crippen LogP contribution >= 0.6 is 35.7 Å². The monoisotopic (exact) mass is 444 g/mol. The van der Waals surface area contributed by atoms with Crippen LogP contribution in [0.15, 0.2) is 4.99 Å². The summed E-state index contributed by atoms with van der Waals surface area (Å²) in [5, 5.41) is 6.80. The molecule has 0 bridgehead atoms. The van der Waals surface area contributed by atoms with Crippen molar-refractivity contribution in [1.82, 2.24) is 15.5 Å². The average molecular weight is 444 g/mol. The zero-order valence-electron chi connectivity index (χ0n) is 14.6. The fourth-order valence-corrected chi connectivity index (χ4v) is 2.25. The Kier molecular flexibility index (Phi) is 11.9. The largest absolute Gasteiger partial charge is 0.383 e. The van der Waals surface area contributed by atoms with Crippen molar-refractivity contribution in [3.8, 4) is 0 Å². The fourth-order valence-electron chi connectivity index (χ4n) is 2.03. The molecule has 1 saturated carbocycles. The lowest BCUT2D eigenvalue weighted by Crippen LogP contribution is -2.46. The van der Waals surface area contributed by atoms with E-state index < -0.39 is 0 Å². The molecule has 0 aromatic heterocycles. The van der Waals surface area contributed by atoms with Crippen LogP contribution in [0.2, 0.25) is 0 Å². The molecule has 1 aliphatic rings. The second kappa shape index (κ2) is 11.8. The number of nitrogens with zero attached hydrogens (tertiary/aromatic N) is 2. The average Bonchev–Trinajstić information content (AvgIpc) is 3.30. The summed E-state index contributed by atoms with van der Waals surface area (Å²) in [6.45, 7) is 9.17. The Labute approximate surface area is 157 Å².